The number of carbonyl (C=O) groups is 1. The summed E-state index contributed by atoms with van der Waals surface area (Å²) >= 11 is 0. The van der Waals surface area contributed by atoms with Crippen molar-refractivity contribution in [2.75, 3.05) is 20.3 Å². The fourth-order valence-electron chi connectivity index (χ4n) is 2.76. The largest absolute Gasteiger partial charge is 0.496 e. The quantitative estimate of drug-likeness (QED) is 0.553. The van der Waals surface area contributed by atoms with Crippen molar-refractivity contribution in [1.29, 1.82) is 0 Å². The molecular weight excluding hydrogens is 375 g/mol. The lowest BCUT2D eigenvalue weighted by Crippen LogP contribution is -2.27. The SMILES string of the molecule is COc1ccccc1-c1nc(CC(=O)NCCCOc2ccc(F)cc2)c(C)o1. The molecule has 3 rings (SSSR count). The second-order valence-corrected chi connectivity index (χ2v) is 6.40. The standard InChI is InChI=1S/C22H23FN2O4/c1-15-19(25-22(29-15)18-6-3-4-7-20(18)27-2)14-21(26)24-12-5-13-28-17-10-8-16(23)9-11-17/h3-4,6-11H,5,12-14H2,1-2H3,(H,24,26). The monoisotopic (exact) mass is 398 g/mol. The number of rotatable bonds is 9. The van der Waals surface area contributed by atoms with E-state index in [1.807, 2.05) is 24.3 Å². The van der Waals surface area contributed by atoms with Gasteiger partial charge in [0.1, 0.15) is 23.1 Å². The number of ether oxygens (including phenoxy) is 2. The molecule has 0 unspecified atom stereocenters. The van der Waals surface area contributed by atoms with Gasteiger partial charge in [0.2, 0.25) is 11.8 Å². The molecule has 0 spiro atoms. The van der Waals surface area contributed by atoms with Gasteiger partial charge in [0.25, 0.3) is 0 Å². The number of aromatic nitrogens is 1. The number of carbonyl (C=O) groups excluding carboxylic acids is 1. The minimum Gasteiger partial charge on any atom is -0.496 e. The van der Waals surface area contributed by atoms with Gasteiger partial charge in [-0.2, -0.15) is 0 Å². The fourth-order valence-corrected chi connectivity index (χ4v) is 2.76. The van der Waals surface area contributed by atoms with Crippen molar-refractivity contribution in [1.82, 2.24) is 10.3 Å². The number of hydrogen-bond donors (Lipinski definition) is 1. The van der Waals surface area contributed by atoms with Crippen LogP contribution in [0.4, 0.5) is 4.39 Å². The molecule has 0 radical (unpaired) electrons. The molecule has 6 nitrogen and oxygen atoms in total. The van der Waals surface area contributed by atoms with Crippen molar-refractivity contribution < 1.29 is 23.1 Å². The predicted molar refractivity (Wildman–Crippen MR) is 106 cm³/mol. The Morgan fingerprint density at radius 3 is 2.69 bits per heavy atom. The van der Waals surface area contributed by atoms with Gasteiger partial charge in [-0.15, -0.1) is 0 Å². The van der Waals surface area contributed by atoms with E-state index >= 15 is 0 Å². The fraction of sp³-hybridized carbons (Fsp3) is 0.273. The first-order valence-corrected chi connectivity index (χ1v) is 9.31. The van der Waals surface area contributed by atoms with Crippen molar-refractivity contribution in [3.8, 4) is 23.0 Å². The van der Waals surface area contributed by atoms with Gasteiger partial charge < -0.3 is 19.2 Å². The van der Waals surface area contributed by atoms with Crippen LogP contribution < -0.4 is 14.8 Å². The van der Waals surface area contributed by atoms with Crippen LogP contribution in [0.1, 0.15) is 17.9 Å². The maximum absolute atomic E-state index is 12.8. The molecule has 1 heterocycles. The molecule has 7 heteroatoms. The maximum Gasteiger partial charge on any atom is 0.230 e. The van der Waals surface area contributed by atoms with E-state index in [1.54, 1.807) is 26.2 Å². The minimum atomic E-state index is -0.304. The number of amides is 1. The van der Waals surface area contributed by atoms with Crippen LogP contribution >= 0.6 is 0 Å². The Hall–Kier alpha value is -3.35. The molecule has 2 aromatic carbocycles. The Labute approximate surface area is 168 Å². The second kappa shape index (κ2) is 9.73. The smallest absolute Gasteiger partial charge is 0.230 e. The molecule has 0 aliphatic carbocycles. The molecule has 0 saturated carbocycles. The van der Waals surface area contributed by atoms with Crippen molar-refractivity contribution in [3.63, 3.8) is 0 Å². The van der Waals surface area contributed by atoms with Gasteiger partial charge in [0, 0.05) is 6.54 Å². The van der Waals surface area contributed by atoms with Crippen LogP contribution in [0.3, 0.4) is 0 Å². The highest BCUT2D eigenvalue weighted by Crippen LogP contribution is 2.30. The summed E-state index contributed by atoms with van der Waals surface area (Å²) in [5.74, 6) is 1.83. The van der Waals surface area contributed by atoms with Gasteiger partial charge in [-0.05, 0) is 49.7 Å². The lowest BCUT2D eigenvalue weighted by Gasteiger charge is -2.07. The Morgan fingerprint density at radius 1 is 1.17 bits per heavy atom. The molecule has 1 amide bonds. The highest BCUT2D eigenvalue weighted by molar-refractivity contribution is 5.78. The molecule has 0 atom stereocenters. The number of para-hydroxylation sites is 1. The summed E-state index contributed by atoms with van der Waals surface area (Å²) in [6, 6.07) is 13.3. The summed E-state index contributed by atoms with van der Waals surface area (Å²) < 4.78 is 29.4. The maximum atomic E-state index is 12.8. The van der Waals surface area contributed by atoms with E-state index in [9.17, 15) is 9.18 Å². The van der Waals surface area contributed by atoms with E-state index in [4.69, 9.17) is 13.9 Å². The number of aryl methyl sites for hydroxylation is 1. The third-order valence-electron chi connectivity index (χ3n) is 4.28. The van der Waals surface area contributed by atoms with E-state index in [0.717, 1.165) is 5.56 Å². The zero-order valence-electron chi connectivity index (χ0n) is 16.4. The number of halogens is 1. The Morgan fingerprint density at radius 2 is 1.93 bits per heavy atom. The number of hydrogen-bond acceptors (Lipinski definition) is 5. The molecule has 29 heavy (non-hydrogen) atoms. The van der Waals surface area contributed by atoms with Gasteiger partial charge in [0.15, 0.2) is 0 Å². The van der Waals surface area contributed by atoms with Gasteiger partial charge >= 0.3 is 0 Å². The third kappa shape index (κ3) is 5.57. The summed E-state index contributed by atoms with van der Waals surface area (Å²) in [7, 11) is 1.59. The number of nitrogens with zero attached hydrogens (tertiary/aromatic N) is 1. The van der Waals surface area contributed by atoms with E-state index in [1.165, 1.54) is 12.1 Å². The van der Waals surface area contributed by atoms with Crippen LogP contribution in [0, 0.1) is 12.7 Å². The Balaban J connectivity index is 1.47. The van der Waals surface area contributed by atoms with Crippen LogP contribution in [0.15, 0.2) is 52.9 Å². The van der Waals surface area contributed by atoms with Gasteiger partial charge in [-0.3, -0.25) is 4.79 Å². The van der Waals surface area contributed by atoms with Crippen LogP contribution in [0.25, 0.3) is 11.5 Å². The van der Waals surface area contributed by atoms with Crippen LogP contribution in [-0.4, -0.2) is 31.2 Å². The molecule has 3 aromatic rings. The van der Waals surface area contributed by atoms with E-state index in [0.29, 0.717) is 48.4 Å². The number of benzene rings is 2. The van der Waals surface area contributed by atoms with Crippen LogP contribution in [0.5, 0.6) is 11.5 Å². The number of oxazole rings is 1. The molecular formula is C22H23FN2O4. The average molecular weight is 398 g/mol. The van der Waals surface area contributed by atoms with Gasteiger partial charge in [-0.25, -0.2) is 9.37 Å². The molecule has 1 aromatic heterocycles. The second-order valence-electron chi connectivity index (χ2n) is 6.40. The lowest BCUT2D eigenvalue weighted by atomic mass is 10.2. The zero-order valence-corrected chi connectivity index (χ0v) is 16.4. The minimum absolute atomic E-state index is 0.128. The summed E-state index contributed by atoms with van der Waals surface area (Å²) in [5.41, 5.74) is 1.33. The number of methoxy groups -OCH3 is 1. The van der Waals surface area contributed by atoms with Crippen molar-refractivity contribution >= 4 is 5.91 Å². The Kier molecular flexibility index (Phi) is 6.84. The molecule has 0 aliphatic heterocycles. The average Bonchev–Trinajstić information content (AvgIpc) is 3.09. The lowest BCUT2D eigenvalue weighted by molar-refractivity contribution is -0.120. The first kappa shape index (κ1) is 20.4. The van der Waals surface area contributed by atoms with Crippen molar-refractivity contribution in [3.05, 3.63) is 65.8 Å². The van der Waals surface area contributed by atoms with Gasteiger partial charge in [0.05, 0.1) is 31.4 Å². The molecule has 0 aliphatic rings. The number of nitrogens with one attached hydrogen (secondary N) is 1. The molecule has 152 valence electrons. The van der Waals surface area contributed by atoms with Gasteiger partial charge in [-0.1, -0.05) is 12.1 Å². The zero-order chi connectivity index (χ0) is 20.6. The molecule has 0 fully saturated rings. The molecule has 1 N–H and O–H groups in total. The Bertz CT molecular complexity index is 954. The molecule has 0 saturated heterocycles. The van der Waals surface area contributed by atoms with Crippen LogP contribution in [0.2, 0.25) is 0 Å². The normalized spacial score (nSPS) is 10.6. The highest BCUT2D eigenvalue weighted by atomic mass is 19.1. The third-order valence-corrected chi connectivity index (χ3v) is 4.28. The summed E-state index contributed by atoms with van der Waals surface area (Å²) in [4.78, 5) is 16.7. The summed E-state index contributed by atoms with van der Waals surface area (Å²) in [6.07, 6.45) is 0.761. The first-order chi connectivity index (χ1) is 14.1. The van der Waals surface area contributed by atoms with E-state index in [-0.39, 0.29) is 18.1 Å². The van der Waals surface area contributed by atoms with Crippen LogP contribution in [-0.2, 0) is 11.2 Å². The first-order valence-electron chi connectivity index (χ1n) is 9.31. The summed E-state index contributed by atoms with van der Waals surface area (Å²) in [6.45, 7) is 2.67. The van der Waals surface area contributed by atoms with Crippen molar-refractivity contribution in [2.24, 2.45) is 0 Å². The van der Waals surface area contributed by atoms with Crippen molar-refractivity contribution in [2.45, 2.75) is 19.8 Å². The highest BCUT2D eigenvalue weighted by Gasteiger charge is 2.16. The molecule has 0 bridgehead atoms. The predicted octanol–water partition coefficient (Wildman–Crippen LogP) is 3.93. The van der Waals surface area contributed by atoms with E-state index in [2.05, 4.69) is 10.3 Å². The summed E-state index contributed by atoms with van der Waals surface area (Å²) in [5, 5.41) is 2.84. The topological polar surface area (TPSA) is 73.6 Å². The van der Waals surface area contributed by atoms with E-state index < -0.39 is 0 Å².